The molecule has 0 aliphatic rings. The van der Waals surface area contributed by atoms with Crippen LogP contribution in [-0.2, 0) is 9.84 Å². The van der Waals surface area contributed by atoms with Crippen molar-refractivity contribution in [3.8, 4) is 6.07 Å². The highest BCUT2D eigenvalue weighted by atomic mass is 32.2. The molecule has 0 bridgehead atoms. The molecule has 1 atom stereocenters. The van der Waals surface area contributed by atoms with E-state index in [1.165, 1.54) is 19.1 Å². The Kier molecular flexibility index (Phi) is 3.89. The maximum absolute atomic E-state index is 13.1. The van der Waals surface area contributed by atoms with Gasteiger partial charge in [-0.1, -0.05) is 13.8 Å². The van der Waals surface area contributed by atoms with Crippen molar-refractivity contribution in [2.75, 3.05) is 0 Å². The zero-order valence-corrected chi connectivity index (χ0v) is 10.8. The number of nitriles is 1. The highest BCUT2D eigenvalue weighted by molar-refractivity contribution is 7.92. The third-order valence-electron chi connectivity index (χ3n) is 2.52. The van der Waals surface area contributed by atoms with E-state index in [4.69, 9.17) is 5.26 Å². The van der Waals surface area contributed by atoms with Gasteiger partial charge in [0.1, 0.15) is 5.82 Å². The topological polar surface area (TPSA) is 57.9 Å². The first-order valence-corrected chi connectivity index (χ1v) is 6.75. The number of nitrogens with zero attached hydrogens (tertiary/aromatic N) is 1. The summed E-state index contributed by atoms with van der Waals surface area (Å²) in [5.74, 6) is -0.766. The van der Waals surface area contributed by atoms with Crippen LogP contribution in [0.3, 0.4) is 0 Å². The van der Waals surface area contributed by atoms with Gasteiger partial charge in [-0.25, -0.2) is 12.8 Å². The fourth-order valence-corrected chi connectivity index (χ4v) is 3.26. The van der Waals surface area contributed by atoms with Gasteiger partial charge in [-0.3, -0.25) is 0 Å². The van der Waals surface area contributed by atoms with Crippen molar-refractivity contribution in [1.29, 1.82) is 5.26 Å². The Morgan fingerprint density at radius 2 is 1.94 bits per heavy atom. The molecule has 1 aromatic rings. The summed E-state index contributed by atoms with van der Waals surface area (Å²) in [6.45, 7) is 4.83. The van der Waals surface area contributed by atoms with Crippen molar-refractivity contribution in [2.24, 2.45) is 5.92 Å². The first kappa shape index (κ1) is 13.7. The number of benzene rings is 1. The lowest BCUT2D eigenvalue weighted by molar-refractivity contribution is 0.562. The van der Waals surface area contributed by atoms with Gasteiger partial charge in [0.05, 0.1) is 11.0 Å². The Balaban J connectivity index is 3.32. The normalized spacial score (nSPS) is 13.4. The lowest BCUT2D eigenvalue weighted by Crippen LogP contribution is -2.25. The van der Waals surface area contributed by atoms with Crippen LogP contribution < -0.4 is 0 Å². The molecule has 1 aromatic carbocycles. The zero-order valence-electron chi connectivity index (χ0n) is 9.94. The first-order chi connectivity index (χ1) is 7.80. The van der Waals surface area contributed by atoms with E-state index < -0.39 is 20.9 Å². The third kappa shape index (κ3) is 2.64. The molecule has 0 N–H and O–H groups in total. The summed E-state index contributed by atoms with van der Waals surface area (Å²) in [7, 11) is -3.72. The van der Waals surface area contributed by atoms with Crippen molar-refractivity contribution in [1.82, 2.24) is 0 Å². The minimum absolute atomic E-state index is 0.00310. The molecule has 17 heavy (non-hydrogen) atoms. The molecule has 5 heteroatoms. The Labute approximate surface area is 101 Å². The molecule has 3 nitrogen and oxygen atoms in total. The monoisotopic (exact) mass is 255 g/mol. The van der Waals surface area contributed by atoms with Crippen LogP contribution in [0.15, 0.2) is 23.1 Å². The van der Waals surface area contributed by atoms with Gasteiger partial charge in [-0.05, 0) is 36.6 Å². The summed E-state index contributed by atoms with van der Waals surface area (Å²) in [4.78, 5) is -0.00310. The van der Waals surface area contributed by atoms with Crippen LogP contribution in [0.5, 0.6) is 0 Å². The van der Waals surface area contributed by atoms with Crippen LogP contribution in [0.1, 0.15) is 19.4 Å². The average Bonchev–Trinajstić information content (AvgIpc) is 2.21. The van der Waals surface area contributed by atoms with E-state index in [0.29, 0.717) is 0 Å². The van der Waals surface area contributed by atoms with E-state index in [0.717, 1.165) is 6.07 Å². The quantitative estimate of drug-likeness (QED) is 0.779. The van der Waals surface area contributed by atoms with Crippen LogP contribution in [0.4, 0.5) is 4.39 Å². The molecular weight excluding hydrogens is 241 g/mol. The van der Waals surface area contributed by atoms with Crippen LogP contribution >= 0.6 is 0 Å². The second-order valence-electron chi connectivity index (χ2n) is 4.25. The molecule has 0 aliphatic heterocycles. The van der Waals surface area contributed by atoms with E-state index in [2.05, 4.69) is 0 Å². The van der Waals surface area contributed by atoms with Gasteiger partial charge in [0, 0.05) is 0 Å². The van der Waals surface area contributed by atoms with Crippen LogP contribution in [0, 0.1) is 30.0 Å². The fourth-order valence-electron chi connectivity index (χ4n) is 1.52. The van der Waals surface area contributed by atoms with E-state index >= 15 is 0 Å². The van der Waals surface area contributed by atoms with Crippen molar-refractivity contribution in [3.05, 3.63) is 29.6 Å². The fraction of sp³-hybridized carbons (Fsp3) is 0.417. The molecule has 0 fully saturated rings. The highest BCUT2D eigenvalue weighted by Gasteiger charge is 2.30. The smallest absolute Gasteiger partial charge is 0.194 e. The van der Waals surface area contributed by atoms with Crippen LogP contribution in [0.25, 0.3) is 0 Å². The molecule has 0 radical (unpaired) electrons. The van der Waals surface area contributed by atoms with Gasteiger partial charge in [0.25, 0.3) is 0 Å². The summed E-state index contributed by atoms with van der Waals surface area (Å²) in [5.41, 5.74) is 0.256. The minimum atomic E-state index is -3.72. The number of aryl methyl sites for hydroxylation is 1. The maximum Gasteiger partial charge on any atom is 0.194 e. The number of hydrogen-bond acceptors (Lipinski definition) is 3. The van der Waals surface area contributed by atoms with Crippen molar-refractivity contribution >= 4 is 9.84 Å². The minimum Gasteiger partial charge on any atom is -0.222 e. The van der Waals surface area contributed by atoms with Crippen LogP contribution in [-0.4, -0.2) is 13.7 Å². The van der Waals surface area contributed by atoms with E-state index in [9.17, 15) is 12.8 Å². The molecule has 0 aromatic heterocycles. The molecule has 0 aliphatic carbocycles. The Morgan fingerprint density at radius 3 is 2.35 bits per heavy atom. The van der Waals surface area contributed by atoms with Gasteiger partial charge in [-0.2, -0.15) is 5.26 Å². The van der Waals surface area contributed by atoms with Crippen molar-refractivity contribution in [3.63, 3.8) is 0 Å². The van der Waals surface area contributed by atoms with E-state index in [-0.39, 0.29) is 16.4 Å². The maximum atomic E-state index is 13.1. The largest absolute Gasteiger partial charge is 0.222 e. The molecule has 0 heterocycles. The zero-order chi connectivity index (χ0) is 13.2. The first-order valence-electron chi connectivity index (χ1n) is 5.20. The highest BCUT2D eigenvalue weighted by Crippen LogP contribution is 2.22. The van der Waals surface area contributed by atoms with E-state index in [1.807, 2.05) is 0 Å². The summed E-state index contributed by atoms with van der Waals surface area (Å²) >= 11 is 0. The molecule has 0 amide bonds. The summed E-state index contributed by atoms with van der Waals surface area (Å²) in [6, 6.07) is 5.36. The number of sulfone groups is 1. The van der Waals surface area contributed by atoms with Gasteiger partial charge < -0.3 is 0 Å². The summed E-state index contributed by atoms with van der Waals surface area (Å²) in [6.07, 6.45) is 0. The second-order valence-corrected chi connectivity index (χ2v) is 6.32. The summed E-state index contributed by atoms with van der Waals surface area (Å²) < 4.78 is 37.3. The van der Waals surface area contributed by atoms with Gasteiger partial charge in [0.15, 0.2) is 15.1 Å². The van der Waals surface area contributed by atoms with E-state index in [1.54, 1.807) is 19.9 Å². The van der Waals surface area contributed by atoms with Crippen molar-refractivity contribution < 1.29 is 12.8 Å². The predicted octanol–water partition coefficient (Wildman–Crippen LogP) is 2.46. The standard InChI is InChI=1S/C12H14FNO2S/c1-8(2)12(7-14)17(15,16)10-4-5-11(13)9(3)6-10/h4-6,8,12H,1-3H3. The molecule has 1 rings (SSSR count). The molecule has 0 spiro atoms. The Hall–Kier alpha value is -1.41. The number of hydrogen-bond donors (Lipinski definition) is 0. The predicted molar refractivity (Wildman–Crippen MR) is 62.6 cm³/mol. The molecule has 0 saturated heterocycles. The second kappa shape index (κ2) is 4.84. The van der Waals surface area contributed by atoms with Gasteiger partial charge in [0.2, 0.25) is 0 Å². The lowest BCUT2D eigenvalue weighted by Gasteiger charge is -2.14. The molecule has 1 unspecified atom stereocenters. The molecule has 0 saturated carbocycles. The number of halogens is 1. The summed E-state index contributed by atoms with van der Waals surface area (Å²) in [5, 5.41) is 7.81. The van der Waals surface area contributed by atoms with Crippen molar-refractivity contribution in [2.45, 2.75) is 30.9 Å². The SMILES string of the molecule is Cc1cc(S(=O)(=O)C(C#N)C(C)C)ccc1F. The molecule has 92 valence electrons. The van der Waals surface area contributed by atoms with Gasteiger partial charge in [-0.15, -0.1) is 0 Å². The molecular formula is C12H14FNO2S. The van der Waals surface area contributed by atoms with Crippen LogP contribution in [0.2, 0.25) is 0 Å². The van der Waals surface area contributed by atoms with Gasteiger partial charge >= 0.3 is 0 Å². The Morgan fingerprint density at radius 1 is 1.35 bits per heavy atom. The Bertz CT molecular complexity index is 558. The lowest BCUT2D eigenvalue weighted by atomic mass is 10.1. The third-order valence-corrected chi connectivity index (χ3v) is 4.75. The number of rotatable bonds is 3. The average molecular weight is 255 g/mol.